The first kappa shape index (κ1) is 13.9. The van der Waals surface area contributed by atoms with Crippen LogP contribution in [0.5, 0.6) is 0 Å². The third-order valence-electron chi connectivity index (χ3n) is 4.10. The number of hydrogen-bond acceptors (Lipinski definition) is 2. The number of ether oxygens (including phenoxy) is 1. The molecule has 2 fully saturated rings. The normalized spacial score (nSPS) is 27.6. The molecular formula is C15H19BrN2O2. The number of benzene rings is 1. The van der Waals surface area contributed by atoms with Gasteiger partial charge in [-0.05, 0) is 43.4 Å². The predicted molar refractivity (Wildman–Crippen MR) is 80.6 cm³/mol. The van der Waals surface area contributed by atoms with Gasteiger partial charge >= 0.3 is 6.03 Å². The number of urea groups is 1. The molecular weight excluding hydrogens is 320 g/mol. The average molecular weight is 339 g/mol. The second-order valence-corrected chi connectivity index (χ2v) is 6.48. The van der Waals surface area contributed by atoms with Gasteiger partial charge in [-0.15, -0.1) is 0 Å². The quantitative estimate of drug-likeness (QED) is 0.890. The van der Waals surface area contributed by atoms with Crippen molar-refractivity contribution in [2.24, 2.45) is 0 Å². The van der Waals surface area contributed by atoms with Gasteiger partial charge in [0.05, 0.1) is 18.2 Å². The van der Waals surface area contributed by atoms with Crippen LogP contribution in [0.15, 0.2) is 22.7 Å². The molecule has 2 bridgehead atoms. The fraction of sp³-hybridized carbons (Fsp3) is 0.533. The van der Waals surface area contributed by atoms with Gasteiger partial charge in [0.15, 0.2) is 0 Å². The van der Waals surface area contributed by atoms with Crippen LogP contribution in [-0.2, 0) is 11.3 Å². The van der Waals surface area contributed by atoms with Crippen LogP contribution >= 0.6 is 15.9 Å². The van der Waals surface area contributed by atoms with Crippen molar-refractivity contribution >= 4 is 22.0 Å². The summed E-state index contributed by atoms with van der Waals surface area (Å²) in [6.45, 7) is 2.59. The van der Waals surface area contributed by atoms with E-state index >= 15 is 0 Å². The van der Waals surface area contributed by atoms with E-state index in [2.05, 4.69) is 32.6 Å². The Labute approximate surface area is 127 Å². The van der Waals surface area contributed by atoms with Gasteiger partial charge < -0.3 is 15.4 Å². The highest BCUT2D eigenvalue weighted by Crippen LogP contribution is 2.34. The van der Waals surface area contributed by atoms with Gasteiger partial charge in [-0.25, -0.2) is 4.79 Å². The topological polar surface area (TPSA) is 50.4 Å². The summed E-state index contributed by atoms with van der Waals surface area (Å²) in [4.78, 5) is 11.9. The summed E-state index contributed by atoms with van der Waals surface area (Å²) >= 11 is 3.47. The van der Waals surface area contributed by atoms with Crippen LogP contribution in [0.4, 0.5) is 4.79 Å². The van der Waals surface area contributed by atoms with E-state index in [9.17, 15) is 4.79 Å². The third-order valence-corrected chi connectivity index (χ3v) is 4.99. The van der Waals surface area contributed by atoms with Gasteiger partial charge in [0.2, 0.25) is 0 Å². The van der Waals surface area contributed by atoms with E-state index in [0.717, 1.165) is 29.3 Å². The molecule has 3 rings (SSSR count). The maximum absolute atomic E-state index is 11.9. The van der Waals surface area contributed by atoms with Crippen LogP contribution in [-0.4, -0.2) is 24.3 Å². The second kappa shape index (κ2) is 5.74. The first-order chi connectivity index (χ1) is 9.61. The van der Waals surface area contributed by atoms with Crippen LogP contribution in [0.1, 0.15) is 30.4 Å². The van der Waals surface area contributed by atoms with Crippen LogP contribution in [0.25, 0.3) is 0 Å². The lowest BCUT2D eigenvalue weighted by molar-refractivity contribution is 0.0981. The molecule has 0 radical (unpaired) electrons. The Bertz CT molecular complexity index is 521. The van der Waals surface area contributed by atoms with Gasteiger partial charge in [0.1, 0.15) is 0 Å². The number of fused-ring (bicyclic) bond motifs is 2. The molecule has 2 N–H and O–H groups in total. The summed E-state index contributed by atoms with van der Waals surface area (Å²) < 4.78 is 6.82. The van der Waals surface area contributed by atoms with Crippen molar-refractivity contribution in [1.82, 2.24) is 10.6 Å². The maximum atomic E-state index is 11.9. The van der Waals surface area contributed by atoms with Crippen LogP contribution < -0.4 is 10.6 Å². The number of amides is 2. The summed E-state index contributed by atoms with van der Waals surface area (Å²) in [6, 6.07) is 6.17. The highest BCUT2D eigenvalue weighted by molar-refractivity contribution is 9.10. The first-order valence-electron chi connectivity index (χ1n) is 7.06. The van der Waals surface area contributed by atoms with Crippen molar-refractivity contribution in [1.29, 1.82) is 0 Å². The minimum absolute atomic E-state index is 0.105. The molecule has 108 valence electrons. The van der Waals surface area contributed by atoms with E-state index in [1.54, 1.807) is 0 Å². The van der Waals surface area contributed by atoms with E-state index in [1.807, 2.05) is 19.1 Å². The van der Waals surface area contributed by atoms with Crippen LogP contribution in [0.3, 0.4) is 0 Å². The molecule has 1 aromatic rings. The Balaban J connectivity index is 1.48. The van der Waals surface area contributed by atoms with E-state index in [-0.39, 0.29) is 18.2 Å². The Morgan fingerprint density at radius 3 is 2.95 bits per heavy atom. The molecule has 1 aromatic carbocycles. The molecule has 0 aliphatic carbocycles. The number of halogens is 1. The molecule has 0 saturated carbocycles. The van der Waals surface area contributed by atoms with Crippen molar-refractivity contribution in [3.05, 3.63) is 33.8 Å². The Morgan fingerprint density at radius 2 is 2.30 bits per heavy atom. The monoisotopic (exact) mass is 338 g/mol. The fourth-order valence-corrected chi connectivity index (χ4v) is 3.25. The number of rotatable bonds is 3. The summed E-state index contributed by atoms with van der Waals surface area (Å²) in [6.07, 6.45) is 3.75. The zero-order valence-electron chi connectivity index (χ0n) is 11.5. The van der Waals surface area contributed by atoms with Crippen molar-refractivity contribution in [2.75, 3.05) is 0 Å². The zero-order chi connectivity index (χ0) is 14.1. The lowest BCUT2D eigenvalue weighted by Gasteiger charge is -2.20. The standard InChI is InChI=1S/C15H19BrN2O2/c1-9-6-10(2-4-12(9)16)8-17-15(19)18-13-7-11-3-5-14(13)20-11/h2,4,6,11,13-14H,3,5,7-8H2,1H3,(H2,17,18,19)/t11-,13+,14+/m0/s1. The van der Waals surface area contributed by atoms with Crippen LogP contribution in [0, 0.1) is 6.92 Å². The van der Waals surface area contributed by atoms with Gasteiger partial charge in [-0.1, -0.05) is 28.1 Å². The average Bonchev–Trinajstić information content (AvgIpc) is 3.02. The summed E-state index contributed by atoms with van der Waals surface area (Å²) in [5, 5.41) is 5.93. The minimum Gasteiger partial charge on any atom is -0.373 e. The van der Waals surface area contributed by atoms with Crippen molar-refractivity contribution < 1.29 is 9.53 Å². The van der Waals surface area contributed by atoms with Crippen molar-refractivity contribution in [3.8, 4) is 0 Å². The molecule has 2 amide bonds. The zero-order valence-corrected chi connectivity index (χ0v) is 13.1. The summed E-state index contributed by atoms with van der Waals surface area (Å²) in [5.41, 5.74) is 2.27. The lowest BCUT2D eigenvalue weighted by atomic mass is 9.96. The van der Waals surface area contributed by atoms with E-state index in [1.165, 1.54) is 5.56 Å². The molecule has 3 atom stereocenters. The van der Waals surface area contributed by atoms with Gasteiger partial charge in [0, 0.05) is 11.0 Å². The highest BCUT2D eigenvalue weighted by Gasteiger charge is 2.41. The number of carbonyl (C=O) groups is 1. The number of aryl methyl sites for hydroxylation is 1. The van der Waals surface area contributed by atoms with Crippen molar-refractivity contribution in [2.45, 2.75) is 51.0 Å². The number of hydrogen-bond donors (Lipinski definition) is 2. The highest BCUT2D eigenvalue weighted by atomic mass is 79.9. The molecule has 0 unspecified atom stereocenters. The Morgan fingerprint density at radius 1 is 1.45 bits per heavy atom. The molecule has 4 nitrogen and oxygen atoms in total. The summed E-state index contributed by atoms with van der Waals surface area (Å²) in [7, 11) is 0. The van der Waals surface area contributed by atoms with E-state index in [0.29, 0.717) is 12.6 Å². The summed E-state index contributed by atoms with van der Waals surface area (Å²) in [5.74, 6) is 0. The fourth-order valence-electron chi connectivity index (χ4n) is 3.01. The van der Waals surface area contributed by atoms with Gasteiger partial charge in [-0.2, -0.15) is 0 Å². The number of nitrogens with one attached hydrogen (secondary N) is 2. The SMILES string of the molecule is Cc1cc(CNC(=O)N[C@@H]2C[C@@H]3CC[C@H]2O3)ccc1Br. The Kier molecular flexibility index (Phi) is 3.98. The molecule has 2 saturated heterocycles. The molecule has 2 heterocycles. The molecule has 20 heavy (non-hydrogen) atoms. The second-order valence-electron chi connectivity index (χ2n) is 5.63. The first-order valence-corrected chi connectivity index (χ1v) is 7.86. The largest absolute Gasteiger partial charge is 0.373 e. The smallest absolute Gasteiger partial charge is 0.315 e. The molecule has 5 heteroatoms. The molecule has 0 aromatic heterocycles. The molecule has 2 aliphatic heterocycles. The Hall–Kier alpha value is -1.07. The third kappa shape index (κ3) is 2.99. The molecule has 0 spiro atoms. The van der Waals surface area contributed by atoms with E-state index < -0.39 is 0 Å². The van der Waals surface area contributed by atoms with Gasteiger partial charge in [-0.3, -0.25) is 0 Å². The van der Waals surface area contributed by atoms with Gasteiger partial charge in [0.25, 0.3) is 0 Å². The molecule has 2 aliphatic rings. The van der Waals surface area contributed by atoms with E-state index in [4.69, 9.17) is 4.74 Å². The van der Waals surface area contributed by atoms with Crippen molar-refractivity contribution in [3.63, 3.8) is 0 Å². The minimum atomic E-state index is -0.105. The lowest BCUT2D eigenvalue weighted by Crippen LogP contribution is -2.46. The van der Waals surface area contributed by atoms with Crippen LogP contribution in [0.2, 0.25) is 0 Å². The maximum Gasteiger partial charge on any atom is 0.315 e. The predicted octanol–water partition coefficient (Wildman–Crippen LogP) is 2.88. The number of carbonyl (C=O) groups excluding carboxylic acids is 1.